The Labute approximate surface area is 122 Å². The molecule has 0 aromatic carbocycles. The summed E-state index contributed by atoms with van der Waals surface area (Å²) in [6.45, 7) is 9.62. The molecule has 0 N–H and O–H groups in total. The monoisotopic (exact) mass is 288 g/mol. The summed E-state index contributed by atoms with van der Waals surface area (Å²) in [7, 11) is 0. The van der Waals surface area contributed by atoms with Gasteiger partial charge in [-0.2, -0.15) is 0 Å². The van der Waals surface area contributed by atoms with Crippen molar-refractivity contribution >= 4 is 0 Å². The van der Waals surface area contributed by atoms with E-state index in [-0.39, 0.29) is 12.5 Å². The largest absolute Gasteiger partial charge is 0.371 e. The Morgan fingerprint density at radius 3 is 2.30 bits per heavy atom. The second-order valence-electron chi connectivity index (χ2n) is 6.31. The number of halogens is 2. The van der Waals surface area contributed by atoms with Crippen LogP contribution in [0.2, 0.25) is 0 Å². The molecule has 0 saturated heterocycles. The van der Waals surface area contributed by atoms with Crippen LogP contribution < -0.4 is 0 Å². The zero-order chi connectivity index (χ0) is 15.1. The van der Waals surface area contributed by atoms with Crippen molar-refractivity contribution in [3.63, 3.8) is 0 Å². The molecule has 3 heteroatoms. The van der Waals surface area contributed by atoms with Crippen molar-refractivity contribution in [2.75, 3.05) is 6.61 Å². The summed E-state index contributed by atoms with van der Waals surface area (Å²) in [4.78, 5) is 0. The zero-order valence-electron chi connectivity index (χ0n) is 13.2. The second-order valence-corrected chi connectivity index (χ2v) is 6.31. The van der Waals surface area contributed by atoms with Crippen LogP contribution in [0.3, 0.4) is 0 Å². The highest BCUT2D eigenvalue weighted by atomic mass is 19.2. The fourth-order valence-electron chi connectivity index (χ4n) is 3.34. The first-order valence-corrected chi connectivity index (χ1v) is 8.01. The Balaban J connectivity index is 2.56. The molecule has 4 unspecified atom stereocenters. The molecule has 20 heavy (non-hydrogen) atoms. The van der Waals surface area contributed by atoms with Crippen LogP contribution in [-0.2, 0) is 4.74 Å². The molecule has 1 nitrogen and oxygen atoms in total. The number of alkyl halides is 2. The van der Waals surface area contributed by atoms with E-state index in [1.54, 1.807) is 13.0 Å². The molecule has 0 heterocycles. The standard InChI is InChI=1S/C17H30F2O/c1-5-11-20-13(4)16(18)17(19)15(6-2)14-9-7-12(3)8-10-14/h5,12-17H,1,6-11H2,2-4H3. The van der Waals surface area contributed by atoms with E-state index >= 15 is 0 Å². The Hall–Kier alpha value is -0.440. The number of hydrogen-bond acceptors (Lipinski definition) is 1. The topological polar surface area (TPSA) is 9.23 Å². The quantitative estimate of drug-likeness (QED) is 0.564. The molecule has 0 aliphatic heterocycles. The van der Waals surface area contributed by atoms with Gasteiger partial charge >= 0.3 is 0 Å². The van der Waals surface area contributed by atoms with Crippen molar-refractivity contribution < 1.29 is 13.5 Å². The molecule has 0 bridgehead atoms. The summed E-state index contributed by atoms with van der Waals surface area (Å²) >= 11 is 0. The summed E-state index contributed by atoms with van der Waals surface area (Å²) < 4.78 is 34.0. The van der Waals surface area contributed by atoms with E-state index in [9.17, 15) is 8.78 Å². The van der Waals surface area contributed by atoms with Crippen LogP contribution in [0.4, 0.5) is 8.78 Å². The Morgan fingerprint density at radius 2 is 1.80 bits per heavy atom. The summed E-state index contributed by atoms with van der Waals surface area (Å²) in [6, 6.07) is 0. The SMILES string of the molecule is C=CCOC(C)C(F)C(F)C(CC)C1CCC(C)CC1. The number of ether oxygens (including phenoxy) is 1. The summed E-state index contributed by atoms with van der Waals surface area (Å²) in [6.07, 6.45) is 2.96. The highest BCUT2D eigenvalue weighted by molar-refractivity contribution is 4.86. The van der Waals surface area contributed by atoms with E-state index in [0.717, 1.165) is 31.6 Å². The minimum absolute atomic E-state index is 0.174. The molecule has 0 aromatic rings. The van der Waals surface area contributed by atoms with Crippen LogP contribution in [0.1, 0.15) is 52.9 Å². The third-order valence-corrected chi connectivity index (χ3v) is 4.78. The molecule has 118 valence electrons. The van der Waals surface area contributed by atoms with Gasteiger partial charge in [-0.1, -0.05) is 39.2 Å². The number of hydrogen-bond donors (Lipinski definition) is 0. The van der Waals surface area contributed by atoms with Crippen LogP contribution in [-0.4, -0.2) is 25.1 Å². The van der Waals surface area contributed by atoms with E-state index in [2.05, 4.69) is 13.5 Å². The lowest BCUT2D eigenvalue weighted by Crippen LogP contribution is -2.39. The van der Waals surface area contributed by atoms with Gasteiger partial charge in [0.2, 0.25) is 0 Å². The van der Waals surface area contributed by atoms with Crippen LogP contribution in [0, 0.1) is 17.8 Å². The van der Waals surface area contributed by atoms with Crippen LogP contribution in [0.15, 0.2) is 12.7 Å². The van der Waals surface area contributed by atoms with Crippen molar-refractivity contribution in [3.05, 3.63) is 12.7 Å². The van der Waals surface area contributed by atoms with E-state index in [1.165, 1.54) is 0 Å². The van der Waals surface area contributed by atoms with E-state index in [4.69, 9.17) is 4.74 Å². The van der Waals surface area contributed by atoms with Crippen molar-refractivity contribution in [1.82, 2.24) is 0 Å². The Morgan fingerprint density at radius 1 is 1.20 bits per heavy atom. The van der Waals surface area contributed by atoms with E-state index in [0.29, 0.717) is 12.3 Å². The summed E-state index contributed by atoms with van der Waals surface area (Å²) in [5, 5.41) is 0. The van der Waals surface area contributed by atoms with Crippen molar-refractivity contribution in [2.45, 2.75) is 71.3 Å². The molecular formula is C17H30F2O. The second kappa shape index (κ2) is 8.76. The molecule has 1 rings (SSSR count). The molecule has 4 atom stereocenters. The lowest BCUT2D eigenvalue weighted by atomic mass is 9.73. The fraction of sp³-hybridized carbons (Fsp3) is 0.882. The summed E-state index contributed by atoms with van der Waals surface area (Å²) in [5.41, 5.74) is 0. The zero-order valence-corrected chi connectivity index (χ0v) is 13.2. The highest BCUT2D eigenvalue weighted by Crippen LogP contribution is 2.38. The van der Waals surface area contributed by atoms with Crippen molar-refractivity contribution in [1.29, 1.82) is 0 Å². The van der Waals surface area contributed by atoms with E-state index < -0.39 is 18.4 Å². The molecule has 0 spiro atoms. The lowest BCUT2D eigenvalue weighted by Gasteiger charge is -2.35. The maximum absolute atomic E-state index is 14.5. The first kappa shape index (κ1) is 17.6. The average molecular weight is 288 g/mol. The third-order valence-electron chi connectivity index (χ3n) is 4.78. The van der Waals surface area contributed by atoms with Crippen LogP contribution in [0.5, 0.6) is 0 Å². The Kier molecular flexibility index (Phi) is 7.71. The van der Waals surface area contributed by atoms with Gasteiger partial charge in [0.05, 0.1) is 12.7 Å². The van der Waals surface area contributed by atoms with Gasteiger partial charge in [0.1, 0.15) is 6.17 Å². The predicted octanol–water partition coefficient (Wildman–Crippen LogP) is 5.11. The van der Waals surface area contributed by atoms with Gasteiger partial charge < -0.3 is 4.74 Å². The molecule has 0 amide bonds. The van der Waals surface area contributed by atoms with Gasteiger partial charge in [0.25, 0.3) is 0 Å². The molecule has 1 aliphatic carbocycles. The molecular weight excluding hydrogens is 258 g/mol. The minimum atomic E-state index is -1.54. The normalized spacial score (nSPS) is 29.4. The minimum Gasteiger partial charge on any atom is -0.371 e. The molecule has 1 fully saturated rings. The van der Waals surface area contributed by atoms with Gasteiger partial charge in [-0.15, -0.1) is 6.58 Å². The molecule has 0 radical (unpaired) electrons. The predicted molar refractivity (Wildman–Crippen MR) is 80.3 cm³/mol. The molecule has 1 aliphatic rings. The maximum atomic E-state index is 14.5. The van der Waals surface area contributed by atoms with Gasteiger partial charge in [-0.3, -0.25) is 0 Å². The van der Waals surface area contributed by atoms with Gasteiger partial charge in [0, 0.05) is 0 Å². The first-order valence-electron chi connectivity index (χ1n) is 8.01. The fourth-order valence-corrected chi connectivity index (χ4v) is 3.34. The lowest BCUT2D eigenvalue weighted by molar-refractivity contribution is -0.0367. The average Bonchev–Trinajstić information content (AvgIpc) is 2.46. The van der Waals surface area contributed by atoms with Crippen LogP contribution >= 0.6 is 0 Å². The van der Waals surface area contributed by atoms with Gasteiger partial charge in [0.15, 0.2) is 6.17 Å². The van der Waals surface area contributed by atoms with Gasteiger partial charge in [-0.25, -0.2) is 8.78 Å². The Bertz CT molecular complexity index is 274. The maximum Gasteiger partial charge on any atom is 0.157 e. The van der Waals surface area contributed by atoms with E-state index in [1.807, 2.05) is 6.92 Å². The number of rotatable bonds is 8. The third kappa shape index (κ3) is 4.83. The molecule has 1 saturated carbocycles. The van der Waals surface area contributed by atoms with Crippen molar-refractivity contribution in [3.8, 4) is 0 Å². The smallest absolute Gasteiger partial charge is 0.157 e. The molecule has 0 aromatic heterocycles. The van der Waals surface area contributed by atoms with Gasteiger partial charge in [-0.05, 0) is 37.5 Å². The van der Waals surface area contributed by atoms with Crippen LogP contribution in [0.25, 0.3) is 0 Å². The first-order chi connectivity index (χ1) is 9.51. The highest BCUT2D eigenvalue weighted by Gasteiger charge is 2.38. The van der Waals surface area contributed by atoms with Crippen molar-refractivity contribution in [2.24, 2.45) is 17.8 Å². The summed E-state index contributed by atoms with van der Waals surface area (Å²) in [5.74, 6) is 0.890.